The van der Waals surface area contributed by atoms with Crippen LogP contribution in [0, 0.1) is 11.3 Å². The fraction of sp³-hybridized carbons (Fsp3) is 0.929. The number of hydrogen-bond acceptors (Lipinski definition) is 3. The van der Waals surface area contributed by atoms with Gasteiger partial charge in [-0.1, -0.05) is 20.8 Å². The Morgan fingerprint density at radius 1 is 1.38 bits per heavy atom. The number of piperidine rings is 1. The molecule has 0 saturated carbocycles. The second kappa shape index (κ2) is 7.56. The predicted molar refractivity (Wildman–Crippen MR) is 82.2 cm³/mol. The molecule has 0 spiro atoms. The van der Waals surface area contributed by atoms with Crippen LogP contribution in [-0.2, 0) is 15.0 Å². The molecule has 0 aliphatic carbocycles. The van der Waals surface area contributed by atoms with Crippen LogP contribution in [-0.4, -0.2) is 43.4 Å². The molecule has 6 nitrogen and oxygen atoms in total. The third-order valence-electron chi connectivity index (χ3n) is 4.06. The van der Waals surface area contributed by atoms with Crippen LogP contribution in [0.3, 0.4) is 0 Å². The van der Waals surface area contributed by atoms with Crippen molar-refractivity contribution < 1.29 is 18.3 Å². The van der Waals surface area contributed by atoms with Gasteiger partial charge in [-0.05, 0) is 37.0 Å². The largest absolute Gasteiger partial charge is 0.481 e. The summed E-state index contributed by atoms with van der Waals surface area (Å²) in [4.78, 5) is 10.6. The molecule has 1 fully saturated rings. The van der Waals surface area contributed by atoms with Crippen molar-refractivity contribution in [1.29, 1.82) is 0 Å². The van der Waals surface area contributed by atoms with E-state index in [2.05, 4.69) is 11.6 Å². The molecule has 0 aromatic heterocycles. The zero-order valence-electron chi connectivity index (χ0n) is 13.3. The first-order chi connectivity index (χ1) is 9.62. The minimum absolute atomic E-state index is 0.114. The zero-order valence-corrected chi connectivity index (χ0v) is 14.1. The van der Waals surface area contributed by atoms with Crippen LogP contribution < -0.4 is 4.72 Å². The standard InChI is InChI=1S/C14H28N2O4S/c1-12-5-4-10-16(11-12)21(19,20)15-9-8-14(2,3)7-6-13(17)18/h12,15H,4-11H2,1-3H3,(H,17,18). The summed E-state index contributed by atoms with van der Waals surface area (Å²) in [5.74, 6) is -0.409. The van der Waals surface area contributed by atoms with Gasteiger partial charge in [-0.3, -0.25) is 4.79 Å². The highest BCUT2D eigenvalue weighted by Gasteiger charge is 2.27. The van der Waals surface area contributed by atoms with Crippen molar-refractivity contribution in [3.8, 4) is 0 Å². The summed E-state index contributed by atoms with van der Waals surface area (Å²) in [5.41, 5.74) is -0.184. The lowest BCUT2D eigenvalue weighted by Crippen LogP contribution is -2.46. The molecule has 1 saturated heterocycles. The van der Waals surface area contributed by atoms with E-state index in [4.69, 9.17) is 5.11 Å². The van der Waals surface area contributed by atoms with Gasteiger partial charge in [0, 0.05) is 26.1 Å². The number of nitrogens with one attached hydrogen (secondary N) is 1. The molecule has 1 atom stereocenters. The summed E-state index contributed by atoms with van der Waals surface area (Å²) < 4.78 is 28.6. The molecule has 124 valence electrons. The van der Waals surface area contributed by atoms with Crippen LogP contribution >= 0.6 is 0 Å². The van der Waals surface area contributed by atoms with Crippen LogP contribution in [0.2, 0.25) is 0 Å². The first kappa shape index (κ1) is 18.4. The third kappa shape index (κ3) is 6.76. The van der Waals surface area contributed by atoms with Gasteiger partial charge in [-0.15, -0.1) is 0 Å². The Bertz CT molecular complexity index is 448. The van der Waals surface area contributed by atoms with Gasteiger partial charge in [0.15, 0.2) is 0 Å². The summed E-state index contributed by atoms with van der Waals surface area (Å²) >= 11 is 0. The quantitative estimate of drug-likeness (QED) is 0.714. The van der Waals surface area contributed by atoms with Gasteiger partial charge in [-0.2, -0.15) is 12.7 Å². The predicted octanol–water partition coefficient (Wildman–Crippen LogP) is 1.83. The van der Waals surface area contributed by atoms with Crippen LogP contribution in [0.15, 0.2) is 0 Å². The number of hydrogen-bond donors (Lipinski definition) is 2. The summed E-state index contributed by atoms with van der Waals surface area (Å²) in [7, 11) is -3.40. The molecule has 1 unspecified atom stereocenters. The molecule has 0 amide bonds. The Morgan fingerprint density at radius 3 is 2.62 bits per heavy atom. The van der Waals surface area contributed by atoms with Gasteiger partial charge < -0.3 is 5.11 Å². The molecule has 1 aliphatic rings. The highest BCUT2D eigenvalue weighted by molar-refractivity contribution is 7.87. The molecule has 0 aromatic carbocycles. The van der Waals surface area contributed by atoms with E-state index in [1.54, 1.807) is 0 Å². The monoisotopic (exact) mass is 320 g/mol. The van der Waals surface area contributed by atoms with Crippen molar-refractivity contribution in [2.24, 2.45) is 11.3 Å². The Labute approximate surface area is 128 Å². The van der Waals surface area contributed by atoms with Crippen molar-refractivity contribution in [2.75, 3.05) is 19.6 Å². The van der Waals surface area contributed by atoms with Gasteiger partial charge >= 0.3 is 5.97 Å². The Kier molecular flexibility index (Phi) is 6.62. The van der Waals surface area contributed by atoms with Crippen LogP contribution in [0.1, 0.15) is 52.9 Å². The SMILES string of the molecule is CC1CCCN(S(=O)(=O)NCCC(C)(C)CCC(=O)O)C1. The van der Waals surface area contributed by atoms with Crippen LogP contribution in [0.4, 0.5) is 0 Å². The molecule has 7 heteroatoms. The lowest BCUT2D eigenvalue weighted by Gasteiger charge is -2.30. The molecule has 0 radical (unpaired) electrons. The number of carbonyl (C=O) groups is 1. The zero-order chi connectivity index (χ0) is 16.1. The molecule has 21 heavy (non-hydrogen) atoms. The van der Waals surface area contributed by atoms with Crippen LogP contribution in [0.25, 0.3) is 0 Å². The maximum absolute atomic E-state index is 12.2. The molecule has 0 bridgehead atoms. The van der Waals surface area contributed by atoms with Gasteiger partial charge in [0.25, 0.3) is 10.2 Å². The molecule has 0 aromatic rings. The summed E-state index contributed by atoms with van der Waals surface area (Å²) in [6.45, 7) is 7.51. The van der Waals surface area contributed by atoms with E-state index < -0.39 is 16.2 Å². The van der Waals surface area contributed by atoms with E-state index in [0.29, 0.717) is 38.4 Å². The molecule has 1 heterocycles. The number of carboxylic acid groups (broad SMARTS) is 1. The van der Waals surface area contributed by atoms with Gasteiger partial charge in [0.05, 0.1) is 0 Å². The first-order valence-corrected chi connectivity index (χ1v) is 9.03. The van der Waals surface area contributed by atoms with E-state index in [-0.39, 0.29) is 11.8 Å². The van der Waals surface area contributed by atoms with Crippen LogP contribution in [0.5, 0.6) is 0 Å². The fourth-order valence-corrected chi connectivity index (χ4v) is 3.91. The summed E-state index contributed by atoms with van der Waals surface area (Å²) in [5, 5.41) is 8.71. The molecule has 1 rings (SSSR count). The second-order valence-electron chi connectivity index (χ2n) is 6.81. The van der Waals surface area contributed by atoms with Crippen molar-refractivity contribution in [2.45, 2.75) is 52.9 Å². The van der Waals surface area contributed by atoms with E-state index >= 15 is 0 Å². The van der Waals surface area contributed by atoms with Crippen molar-refractivity contribution in [3.63, 3.8) is 0 Å². The lowest BCUT2D eigenvalue weighted by atomic mass is 9.84. The van der Waals surface area contributed by atoms with Gasteiger partial charge in [0.1, 0.15) is 0 Å². The lowest BCUT2D eigenvalue weighted by molar-refractivity contribution is -0.137. The molecular weight excluding hydrogens is 292 g/mol. The average Bonchev–Trinajstić information content (AvgIpc) is 2.36. The van der Waals surface area contributed by atoms with E-state index in [0.717, 1.165) is 12.8 Å². The van der Waals surface area contributed by atoms with E-state index in [1.807, 2.05) is 13.8 Å². The maximum Gasteiger partial charge on any atom is 0.303 e. The first-order valence-electron chi connectivity index (χ1n) is 7.59. The number of nitrogens with zero attached hydrogens (tertiary/aromatic N) is 1. The Morgan fingerprint density at radius 2 is 2.05 bits per heavy atom. The third-order valence-corrected chi connectivity index (χ3v) is 5.64. The highest BCUT2D eigenvalue weighted by atomic mass is 32.2. The summed E-state index contributed by atoms with van der Waals surface area (Å²) in [6.07, 6.45) is 3.28. The minimum atomic E-state index is -3.40. The van der Waals surface area contributed by atoms with Gasteiger partial charge in [-0.25, -0.2) is 4.72 Å². The Hall–Kier alpha value is -0.660. The van der Waals surface area contributed by atoms with Crippen molar-refractivity contribution in [1.82, 2.24) is 9.03 Å². The van der Waals surface area contributed by atoms with Crippen molar-refractivity contribution >= 4 is 16.2 Å². The Balaban J connectivity index is 2.41. The topological polar surface area (TPSA) is 86.7 Å². The molecule has 1 aliphatic heterocycles. The average molecular weight is 320 g/mol. The maximum atomic E-state index is 12.2. The second-order valence-corrected chi connectivity index (χ2v) is 8.57. The molecular formula is C14H28N2O4S. The highest BCUT2D eigenvalue weighted by Crippen LogP contribution is 2.26. The van der Waals surface area contributed by atoms with Crippen molar-refractivity contribution in [3.05, 3.63) is 0 Å². The fourth-order valence-electron chi connectivity index (χ4n) is 2.54. The smallest absolute Gasteiger partial charge is 0.303 e. The number of rotatable bonds is 8. The normalized spacial score (nSPS) is 21.4. The van der Waals surface area contributed by atoms with E-state index in [9.17, 15) is 13.2 Å². The number of aliphatic carboxylic acids is 1. The molecule has 2 N–H and O–H groups in total. The number of carboxylic acids is 1. The minimum Gasteiger partial charge on any atom is -0.481 e. The van der Waals surface area contributed by atoms with E-state index in [1.165, 1.54) is 4.31 Å². The van der Waals surface area contributed by atoms with Gasteiger partial charge in [0.2, 0.25) is 0 Å². The summed E-state index contributed by atoms with van der Waals surface area (Å²) in [6, 6.07) is 0.